The third-order valence-corrected chi connectivity index (χ3v) is 8.66. The molecule has 1 amide bonds. The van der Waals surface area contributed by atoms with Gasteiger partial charge in [0.2, 0.25) is 15.9 Å². The molecule has 1 heterocycles. The molecule has 0 spiro atoms. The van der Waals surface area contributed by atoms with Crippen LogP contribution in [0.3, 0.4) is 0 Å². The van der Waals surface area contributed by atoms with Crippen LogP contribution in [-0.2, 0) is 21.4 Å². The van der Waals surface area contributed by atoms with Gasteiger partial charge >= 0.3 is 0 Å². The summed E-state index contributed by atoms with van der Waals surface area (Å²) in [4.78, 5) is 15.2. The molecule has 1 unspecified atom stereocenters. The van der Waals surface area contributed by atoms with Crippen molar-refractivity contribution < 1.29 is 17.9 Å². The van der Waals surface area contributed by atoms with E-state index in [1.54, 1.807) is 24.3 Å². The van der Waals surface area contributed by atoms with Gasteiger partial charge in [0.25, 0.3) is 0 Å². The van der Waals surface area contributed by atoms with Gasteiger partial charge in [-0.3, -0.25) is 14.4 Å². The van der Waals surface area contributed by atoms with Crippen molar-refractivity contribution in [3.8, 4) is 11.5 Å². The topological polar surface area (TPSA) is 99.8 Å². The van der Waals surface area contributed by atoms with Crippen LogP contribution < -0.4 is 20.1 Å². The Morgan fingerprint density at radius 2 is 1.57 bits per heavy atom. The molecule has 2 aromatic carbocycles. The smallest absolute Gasteiger partial charge is 0.237 e. The molecule has 40 heavy (non-hydrogen) atoms. The van der Waals surface area contributed by atoms with E-state index in [4.69, 9.17) is 4.74 Å². The van der Waals surface area contributed by atoms with Gasteiger partial charge in [0.15, 0.2) is 0 Å². The number of nitrogens with one attached hydrogen (secondary N) is 3. The van der Waals surface area contributed by atoms with Crippen molar-refractivity contribution in [2.45, 2.75) is 83.3 Å². The second kappa shape index (κ2) is 14.8. The first kappa shape index (κ1) is 30.3. The highest BCUT2D eigenvalue weighted by molar-refractivity contribution is 7.92. The Hall–Kier alpha value is -2.62. The average molecular weight is 571 g/mol. The molecule has 9 heteroatoms. The van der Waals surface area contributed by atoms with E-state index in [1.165, 1.54) is 37.7 Å². The fourth-order valence-electron chi connectivity index (χ4n) is 5.78. The molecule has 1 saturated carbocycles. The molecule has 0 radical (unpaired) electrons. The van der Waals surface area contributed by atoms with E-state index in [-0.39, 0.29) is 11.9 Å². The first-order valence-electron chi connectivity index (χ1n) is 14.9. The number of carbonyl (C=O) groups excluding carboxylic acids is 1. The highest BCUT2D eigenvalue weighted by Gasteiger charge is 2.24. The lowest BCUT2D eigenvalue weighted by molar-refractivity contribution is -0.123. The van der Waals surface area contributed by atoms with E-state index >= 15 is 0 Å². The molecule has 2 fully saturated rings. The zero-order valence-electron chi connectivity index (χ0n) is 24.0. The molecule has 2 aromatic rings. The summed E-state index contributed by atoms with van der Waals surface area (Å²) in [5.41, 5.74) is 1.73. The molecule has 8 nitrogen and oxygen atoms in total. The third kappa shape index (κ3) is 10.1. The van der Waals surface area contributed by atoms with Crippen molar-refractivity contribution in [3.05, 3.63) is 54.1 Å². The van der Waals surface area contributed by atoms with Crippen molar-refractivity contribution in [1.29, 1.82) is 0 Å². The monoisotopic (exact) mass is 570 g/mol. The Kier molecular flexibility index (Phi) is 11.3. The quantitative estimate of drug-likeness (QED) is 0.304. The van der Waals surface area contributed by atoms with Crippen molar-refractivity contribution in [2.75, 3.05) is 30.6 Å². The van der Waals surface area contributed by atoms with Crippen LogP contribution in [-0.4, -0.2) is 57.2 Å². The number of carbonyl (C=O) groups is 1. The van der Waals surface area contributed by atoms with E-state index in [2.05, 4.69) is 39.3 Å². The lowest BCUT2D eigenvalue weighted by Gasteiger charge is -2.34. The molecule has 2 aliphatic rings. The largest absolute Gasteiger partial charge is 0.457 e. The SMILES string of the molecule is CCC(NC1CCN(Cc2ccc(Oc3ccc(NS(C)(=O)=O)cc3)cc2)CC1)C(=O)NCCC1CCCCC1. The molecular weight excluding hydrogens is 524 g/mol. The van der Waals surface area contributed by atoms with Crippen LogP contribution >= 0.6 is 0 Å². The van der Waals surface area contributed by atoms with E-state index < -0.39 is 10.0 Å². The Bertz CT molecular complexity index is 1160. The summed E-state index contributed by atoms with van der Waals surface area (Å²) < 4.78 is 31.1. The number of likely N-dealkylation sites (tertiary alicyclic amines) is 1. The lowest BCUT2D eigenvalue weighted by Crippen LogP contribution is -2.51. The van der Waals surface area contributed by atoms with Crippen LogP contribution in [0.1, 0.15) is 70.3 Å². The van der Waals surface area contributed by atoms with Crippen LogP contribution in [0.25, 0.3) is 0 Å². The maximum absolute atomic E-state index is 12.8. The summed E-state index contributed by atoms with van der Waals surface area (Å²) in [6.45, 7) is 5.79. The number of hydrogen-bond acceptors (Lipinski definition) is 6. The standard InChI is InChI=1S/C31H46N4O4S/c1-3-30(31(36)32-20-17-24-7-5-4-6-8-24)33-26-18-21-35(22-19-26)23-25-9-13-28(14-10-25)39-29-15-11-27(12-16-29)34-40(2,37)38/h9-16,24,26,30,33-34H,3-8,17-23H2,1-2H3,(H,32,36). The zero-order chi connectivity index (χ0) is 28.4. The van der Waals surface area contributed by atoms with Gasteiger partial charge < -0.3 is 15.4 Å². The maximum atomic E-state index is 12.8. The second-order valence-corrected chi connectivity index (χ2v) is 13.2. The summed E-state index contributed by atoms with van der Waals surface area (Å²) in [6, 6.07) is 15.2. The molecule has 1 aliphatic carbocycles. The summed E-state index contributed by atoms with van der Waals surface area (Å²) in [6.07, 6.45) is 11.8. The molecule has 4 rings (SSSR count). The molecule has 0 bridgehead atoms. The third-order valence-electron chi connectivity index (χ3n) is 8.05. The minimum Gasteiger partial charge on any atom is -0.457 e. The highest BCUT2D eigenvalue weighted by atomic mass is 32.2. The molecular formula is C31H46N4O4S. The number of sulfonamides is 1. The number of rotatable bonds is 13. The van der Waals surface area contributed by atoms with Gasteiger partial charge in [-0.25, -0.2) is 8.42 Å². The minimum absolute atomic E-state index is 0.109. The second-order valence-electron chi connectivity index (χ2n) is 11.4. The molecule has 3 N–H and O–H groups in total. The number of benzene rings is 2. The van der Waals surface area contributed by atoms with Crippen molar-refractivity contribution >= 4 is 21.6 Å². The van der Waals surface area contributed by atoms with E-state index in [0.717, 1.165) is 69.8 Å². The van der Waals surface area contributed by atoms with Crippen molar-refractivity contribution in [1.82, 2.24) is 15.5 Å². The zero-order valence-corrected chi connectivity index (χ0v) is 24.8. The number of amides is 1. The maximum Gasteiger partial charge on any atom is 0.237 e. The van der Waals surface area contributed by atoms with Crippen LogP contribution in [0, 0.1) is 5.92 Å². The minimum atomic E-state index is -3.30. The average Bonchev–Trinajstić information content (AvgIpc) is 2.94. The number of nitrogens with zero attached hydrogens (tertiary/aromatic N) is 1. The summed E-state index contributed by atoms with van der Waals surface area (Å²) in [5, 5.41) is 6.83. The van der Waals surface area contributed by atoms with Gasteiger partial charge in [0, 0.05) is 24.8 Å². The van der Waals surface area contributed by atoms with Crippen LogP contribution in [0.2, 0.25) is 0 Å². The summed E-state index contributed by atoms with van der Waals surface area (Å²) in [5.74, 6) is 2.33. The normalized spacial score (nSPS) is 18.2. The van der Waals surface area contributed by atoms with E-state index in [0.29, 0.717) is 17.5 Å². The predicted octanol–water partition coefficient (Wildman–Crippen LogP) is 5.27. The molecule has 1 atom stereocenters. The first-order valence-corrected chi connectivity index (χ1v) is 16.8. The first-order chi connectivity index (χ1) is 19.3. The fraction of sp³-hybridized carbons (Fsp3) is 0.581. The van der Waals surface area contributed by atoms with Gasteiger partial charge in [0.1, 0.15) is 11.5 Å². The van der Waals surface area contributed by atoms with Gasteiger partial charge in [-0.15, -0.1) is 0 Å². The van der Waals surface area contributed by atoms with Crippen LogP contribution in [0.5, 0.6) is 11.5 Å². The molecule has 0 aromatic heterocycles. The predicted molar refractivity (Wildman–Crippen MR) is 161 cm³/mol. The van der Waals surface area contributed by atoms with Gasteiger partial charge in [0.05, 0.1) is 12.3 Å². The molecule has 220 valence electrons. The fourth-order valence-corrected chi connectivity index (χ4v) is 6.35. The number of piperidine rings is 1. The van der Waals surface area contributed by atoms with Crippen molar-refractivity contribution in [2.24, 2.45) is 5.92 Å². The number of hydrogen-bond donors (Lipinski definition) is 3. The van der Waals surface area contributed by atoms with Crippen LogP contribution in [0.15, 0.2) is 48.5 Å². The van der Waals surface area contributed by atoms with Gasteiger partial charge in [-0.2, -0.15) is 0 Å². The van der Waals surface area contributed by atoms with Crippen molar-refractivity contribution in [3.63, 3.8) is 0 Å². The van der Waals surface area contributed by atoms with E-state index in [9.17, 15) is 13.2 Å². The summed E-state index contributed by atoms with van der Waals surface area (Å²) >= 11 is 0. The van der Waals surface area contributed by atoms with Gasteiger partial charge in [-0.05, 0) is 86.7 Å². The Labute approximate surface area is 240 Å². The number of anilines is 1. The lowest BCUT2D eigenvalue weighted by atomic mass is 9.87. The molecule has 1 saturated heterocycles. The Morgan fingerprint density at radius 3 is 2.17 bits per heavy atom. The van der Waals surface area contributed by atoms with E-state index in [1.807, 2.05) is 12.1 Å². The highest BCUT2D eigenvalue weighted by Crippen LogP contribution is 2.26. The molecule has 1 aliphatic heterocycles. The Morgan fingerprint density at radius 1 is 0.950 bits per heavy atom. The number of ether oxygens (including phenoxy) is 1. The Balaban J connectivity index is 1.16. The summed E-state index contributed by atoms with van der Waals surface area (Å²) in [7, 11) is -3.30. The van der Waals surface area contributed by atoms with Gasteiger partial charge in [-0.1, -0.05) is 51.2 Å². The van der Waals surface area contributed by atoms with Crippen LogP contribution in [0.4, 0.5) is 5.69 Å².